The second-order valence-corrected chi connectivity index (χ2v) is 10.2. The molecule has 0 N–H and O–H groups in total. The van der Waals surface area contributed by atoms with E-state index in [0.29, 0.717) is 18.7 Å². The summed E-state index contributed by atoms with van der Waals surface area (Å²) in [6.07, 6.45) is 0.313. The first-order chi connectivity index (χ1) is 12.2. The van der Waals surface area contributed by atoms with E-state index in [2.05, 4.69) is 0 Å². The number of sulfonamides is 2. The molecule has 0 saturated heterocycles. The minimum Gasteiger partial charge on any atom is -0.271 e. The van der Waals surface area contributed by atoms with Crippen molar-refractivity contribution in [2.75, 3.05) is 30.7 Å². The van der Waals surface area contributed by atoms with Gasteiger partial charge < -0.3 is 0 Å². The van der Waals surface area contributed by atoms with E-state index in [9.17, 15) is 16.8 Å². The van der Waals surface area contributed by atoms with Crippen molar-refractivity contribution in [3.63, 3.8) is 0 Å². The first kappa shape index (κ1) is 20.4. The Balaban J connectivity index is 2.12. The minimum atomic E-state index is -3.48. The predicted molar refractivity (Wildman–Crippen MR) is 104 cm³/mol. The molecular formula is C18H24N2O4S2. The maximum absolute atomic E-state index is 12.7. The summed E-state index contributed by atoms with van der Waals surface area (Å²) in [5, 5.41) is 0. The van der Waals surface area contributed by atoms with Gasteiger partial charge in [-0.05, 0) is 43.2 Å². The Labute approximate surface area is 156 Å². The van der Waals surface area contributed by atoms with Gasteiger partial charge in [0.2, 0.25) is 20.0 Å². The highest BCUT2D eigenvalue weighted by Gasteiger charge is 2.21. The van der Waals surface area contributed by atoms with Gasteiger partial charge in [0.25, 0.3) is 0 Å². The highest BCUT2D eigenvalue weighted by molar-refractivity contribution is 7.92. The largest absolute Gasteiger partial charge is 0.271 e. The van der Waals surface area contributed by atoms with E-state index in [1.807, 2.05) is 6.07 Å². The molecule has 0 aliphatic rings. The first-order valence-corrected chi connectivity index (χ1v) is 11.3. The highest BCUT2D eigenvalue weighted by atomic mass is 32.2. The van der Waals surface area contributed by atoms with E-state index in [4.69, 9.17) is 0 Å². The lowest BCUT2D eigenvalue weighted by atomic mass is 10.2. The third-order valence-electron chi connectivity index (χ3n) is 4.02. The summed E-state index contributed by atoms with van der Waals surface area (Å²) < 4.78 is 52.0. The topological polar surface area (TPSA) is 74.8 Å². The van der Waals surface area contributed by atoms with Gasteiger partial charge in [-0.15, -0.1) is 0 Å². The second-order valence-electron chi connectivity index (χ2n) is 6.00. The van der Waals surface area contributed by atoms with E-state index < -0.39 is 20.0 Å². The van der Waals surface area contributed by atoms with Crippen LogP contribution in [0.5, 0.6) is 0 Å². The zero-order chi connectivity index (χ0) is 19.4. The van der Waals surface area contributed by atoms with Gasteiger partial charge in [0, 0.05) is 20.6 Å². The molecule has 2 rings (SSSR count). The molecule has 6 nitrogen and oxygen atoms in total. The van der Waals surface area contributed by atoms with Crippen LogP contribution in [0.15, 0.2) is 59.5 Å². The number of aryl methyl sites for hydroxylation is 1. The Morgan fingerprint density at radius 3 is 1.92 bits per heavy atom. The van der Waals surface area contributed by atoms with Crippen molar-refractivity contribution in [3.05, 3.63) is 60.2 Å². The molecule has 8 heteroatoms. The molecule has 0 heterocycles. The van der Waals surface area contributed by atoms with Crippen LogP contribution < -0.4 is 4.31 Å². The second kappa shape index (κ2) is 8.20. The zero-order valence-electron chi connectivity index (χ0n) is 15.2. The SMILES string of the molecule is CCN(c1ccccc1)S(=O)(=O)CCc1ccc(S(=O)(=O)N(C)C)cc1. The normalized spacial score (nSPS) is 12.3. The molecule has 0 aromatic heterocycles. The third-order valence-corrected chi connectivity index (χ3v) is 7.71. The first-order valence-electron chi connectivity index (χ1n) is 8.25. The number of para-hydroxylation sites is 1. The number of anilines is 1. The summed E-state index contributed by atoms with van der Waals surface area (Å²) in [6, 6.07) is 15.3. The van der Waals surface area contributed by atoms with Gasteiger partial charge in [-0.25, -0.2) is 21.1 Å². The van der Waals surface area contributed by atoms with Crippen LogP contribution in [-0.2, 0) is 26.5 Å². The molecule has 0 aliphatic carbocycles. The average Bonchev–Trinajstić information content (AvgIpc) is 2.61. The number of hydrogen-bond acceptors (Lipinski definition) is 4. The summed E-state index contributed by atoms with van der Waals surface area (Å²) in [5.41, 5.74) is 1.41. The molecular weight excluding hydrogens is 372 g/mol. The van der Waals surface area contributed by atoms with Crippen molar-refractivity contribution in [1.82, 2.24) is 4.31 Å². The smallest absolute Gasteiger partial charge is 0.242 e. The fourth-order valence-corrected chi connectivity index (χ4v) is 4.98. The van der Waals surface area contributed by atoms with Crippen LogP contribution in [0.2, 0.25) is 0 Å². The molecule has 0 fully saturated rings. The number of nitrogens with zero attached hydrogens (tertiary/aromatic N) is 2. The van der Waals surface area contributed by atoms with Gasteiger partial charge >= 0.3 is 0 Å². The molecule has 0 aliphatic heterocycles. The highest BCUT2D eigenvalue weighted by Crippen LogP contribution is 2.19. The molecule has 0 unspecified atom stereocenters. The van der Waals surface area contributed by atoms with Gasteiger partial charge in [-0.2, -0.15) is 0 Å². The van der Waals surface area contributed by atoms with Crippen molar-refractivity contribution in [1.29, 1.82) is 0 Å². The van der Waals surface area contributed by atoms with E-state index in [1.165, 1.54) is 30.5 Å². The van der Waals surface area contributed by atoms with Crippen molar-refractivity contribution < 1.29 is 16.8 Å². The molecule has 0 spiro atoms. The van der Waals surface area contributed by atoms with Crippen molar-refractivity contribution in [2.24, 2.45) is 0 Å². The maximum Gasteiger partial charge on any atom is 0.242 e. The minimum absolute atomic E-state index is 0.0461. The molecule has 0 saturated carbocycles. The molecule has 142 valence electrons. The van der Waals surface area contributed by atoms with Gasteiger partial charge in [-0.1, -0.05) is 30.3 Å². The Bertz CT molecular complexity index is 923. The van der Waals surface area contributed by atoms with Crippen molar-refractivity contribution in [3.8, 4) is 0 Å². The Morgan fingerprint density at radius 1 is 0.846 bits per heavy atom. The summed E-state index contributed by atoms with van der Waals surface area (Å²) in [6.45, 7) is 2.15. The predicted octanol–water partition coefficient (Wildman–Crippen LogP) is 2.34. The summed E-state index contributed by atoms with van der Waals surface area (Å²) in [7, 11) is -4.01. The fraction of sp³-hybridized carbons (Fsp3) is 0.333. The van der Waals surface area contributed by atoms with Crippen LogP contribution in [-0.4, -0.2) is 47.5 Å². The molecule has 0 atom stereocenters. The van der Waals surface area contributed by atoms with Crippen LogP contribution in [0, 0.1) is 0 Å². The monoisotopic (exact) mass is 396 g/mol. The number of benzene rings is 2. The Morgan fingerprint density at radius 2 is 1.42 bits per heavy atom. The lowest BCUT2D eigenvalue weighted by Crippen LogP contribution is -2.33. The lowest BCUT2D eigenvalue weighted by Gasteiger charge is -2.22. The fourth-order valence-electron chi connectivity index (χ4n) is 2.53. The molecule has 2 aromatic carbocycles. The number of rotatable bonds is 8. The Hall–Kier alpha value is -1.90. The standard InChI is InChI=1S/C18H24N2O4S2/c1-4-20(17-8-6-5-7-9-17)25(21,22)15-14-16-10-12-18(13-11-16)26(23,24)19(2)3/h5-13H,4,14-15H2,1-3H3. The summed E-state index contributed by atoms with van der Waals surface area (Å²) in [4.78, 5) is 0.188. The van der Waals surface area contributed by atoms with Crippen molar-refractivity contribution >= 4 is 25.7 Å². The molecule has 0 amide bonds. The maximum atomic E-state index is 12.7. The summed E-state index contributed by atoms with van der Waals surface area (Å²) >= 11 is 0. The van der Waals surface area contributed by atoms with E-state index in [0.717, 1.165) is 9.87 Å². The summed E-state index contributed by atoms with van der Waals surface area (Å²) in [5.74, 6) is -0.0461. The van der Waals surface area contributed by atoms with Crippen molar-refractivity contribution in [2.45, 2.75) is 18.2 Å². The van der Waals surface area contributed by atoms with E-state index in [1.54, 1.807) is 43.3 Å². The van der Waals surface area contributed by atoms with Gasteiger partial charge in [0.05, 0.1) is 16.3 Å². The van der Waals surface area contributed by atoms with Gasteiger partial charge in [0.1, 0.15) is 0 Å². The van der Waals surface area contributed by atoms with E-state index >= 15 is 0 Å². The van der Waals surface area contributed by atoms with E-state index in [-0.39, 0.29) is 10.6 Å². The Kier molecular flexibility index (Phi) is 6.44. The molecule has 0 bridgehead atoms. The van der Waals surface area contributed by atoms with Crippen LogP contribution in [0.3, 0.4) is 0 Å². The third kappa shape index (κ3) is 4.63. The van der Waals surface area contributed by atoms with Crippen LogP contribution in [0.4, 0.5) is 5.69 Å². The molecule has 26 heavy (non-hydrogen) atoms. The quantitative estimate of drug-likeness (QED) is 0.686. The molecule has 2 aromatic rings. The van der Waals surface area contributed by atoms with Crippen LogP contribution in [0.1, 0.15) is 12.5 Å². The average molecular weight is 397 g/mol. The number of hydrogen-bond donors (Lipinski definition) is 0. The van der Waals surface area contributed by atoms with Crippen LogP contribution in [0.25, 0.3) is 0 Å². The van der Waals surface area contributed by atoms with Gasteiger partial charge in [0.15, 0.2) is 0 Å². The lowest BCUT2D eigenvalue weighted by molar-refractivity contribution is 0.520. The zero-order valence-corrected chi connectivity index (χ0v) is 16.8. The van der Waals surface area contributed by atoms with Gasteiger partial charge in [-0.3, -0.25) is 4.31 Å². The van der Waals surface area contributed by atoms with Crippen LogP contribution >= 0.6 is 0 Å². The molecule has 0 radical (unpaired) electrons.